The van der Waals surface area contributed by atoms with Crippen LogP contribution in [0.4, 0.5) is 4.79 Å². The summed E-state index contributed by atoms with van der Waals surface area (Å²) in [7, 11) is 1.81. The van der Waals surface area contributed by atoms with E-state index in [4.69, 9.17) is 5.11 Å². The largest absolute Gasteiger partial charge is 0.481 e. The first-order valence-electron chi connectivity index (χ1n) is 6.46. The number of aliphatic carboxylic acids is 1. The maximum Gasteiger partial charge on any atom is 0.320 e. The molecule has 1 fully saturated rings. The van der Waals surface area contributed by atoms with Crippen molar-refractivity contribution in [3.05, 3.63) is 0 Å². The Balaban J connectivity index is 2.51. The van der Waals surface area contributed by atoms with Crippen molar-refractivity contribution in [3.63, 3.8) is 0 Å². The van der Waals surface area contributed by atoms with Crippen LogP contribution in [0.1, 0.15) is 34.1 Å². The van der Waals surface area contributed by atoms with Gasteiger partial charge in [0, 0.05) is 31.6 Å². The molecule has 0 bridgehead atoms. The number of carboxylic acids is 1. The normalized spacial score (nSPS) is 18.2. The summed E-state index contributed by atoms with van der Waals surface area (Å²) < 4.78 is 0. The Labute approximate surface area is 109 Å². The molecule has 0 saturated carbocycles. The van der Waals surface area contributed by atoms with E-state index >= 15 is 0 Å². The van der Waals surface area contributed by atoms with Crippen molar-refractivity contribution < 1.29 is 14.7 Å². The van der Waals surface area contributed by atoms with E-state index in [1.165, 1.54) is 0 Å². The van der Waals surface area contributed by atoms with Gasteiger partial charge in [-0.15, -0.1) is 0 Å². The lowest BCUT2D eigenvalue weighted by Crippen LogP contribution is -2.59. The monoisotopic (exact) mass is 256 g/mol. The van der Waals surface area contributed by atoms with Crippen molar-refractivity contribution in [2.45, 2.75) is 39.7 Å². The minimum atomic E-state index is -0.783. The van der Waals surface area contributed by atoms with Crippen molar-refractivity contribution >= 4 is 12.0 Å². The number of likely N-dealkylation sites (tertiary alicyclic amines) is 1. The lowest BCUT2D eigenvalue weighted by atomic mass is 9.87. The highest BCUT2D eigenvalue weighted by Gasteiger charge is 2.40. The smallest absolute Gasteiger partial charge is 0.320 e. The Bertz CT molecular complexity index is 335. The molecule has 1 atom stereocenters. The van der Waals surface area contributed by atoms with Crippen molar-refractivity contribution in [1.82, 2.24) is 9.80 Å². The van der Waals surface area contributed by atoms with E-state index < -0.39 is 5.97 Å². The summed E-state index contributed by atoms with van der Waals surface area (Å²) >= 11 is 0. The molecule has 18 heavy (non-hydrogen) atoms. The summed E-state index contributed by atoms with van der Waals surface area (Å²) in [6.07, 6.45) is 0.887. The fraction of sp³-hybridized carbons (Fsp3) is 0.846. The number of carboxylic acid groups (broad SMARTS) is 1. The maximum absolute atomic E-state index is 12.2. The molecular formula is C13H24N2O3. The zero-order valence-corrected chi connectivity index (χ0v) is 11.9. The van der Waals surface area contributed by atoms with Crippen LogP contribution in [0.2, 0.25) is 0 Å². The zero-order chi connectivity index (χ0) is 14.1. The van der Waals surface area contributed by atoms with Gasteiger partial charge in [0.25, 0.3) is 0 Å². The molecule has 1 N–H and O–H groups in total. The molecule has 2 amide bonds. The molecule has 1 heterocycles. The number of carbonyl (C=O) groups is 2. The number of hydrogen-bond acceptors (Lipinski definition) is 2. The second kappa shape index (κ2) is 5.16. The lowest BCUT2D eigenvalue weighted by molar-refractivity contribution is -0.145. The van der Waals surface area contributed by atoms with Crippen molar-refractivity contribution in [2.75, 3.05) is 20.1 Å². The second-order valence-electron chi connectivity index (χ2n) is 5.80. The molecule has 1 aliphatic heterocycles. The average Bonchev–Trinajstić information content (AvgIpc) is 2.25. The molecule has 0 aromatic rings. The number of hydrogen-bond donors (Lipinski definition) is 1. The fourth-order valence-electron chi connectivity index (χ4n) is 1.89. The highest BCUT2D eigenvalue weighted by molar-refractivity contribution is 5.76. The van der Waals surface area contributed by atoms with E-state index in [2.05, 4.69) is 6.92 Å². The van der Waals surface area contributed by atoms with Crippen LogP contribution in [0, 0.1) is 11.8 Å². The highest BCUT2D eigenvalue weighted by Crippen LogP contribution is 2.27. The van der Waals surface area contributed by atoms with Gasteiger partial charge in [-0.2, -0.15) is 0 Å². The SMILES string of the molecule is CCC(C)(C)N(C)C(=O)N1CC(C(C)C(=O)O)C1. The molecule has 0 aromatic heterocycles. The Morgan fingerprint density at radius 1 is 1.44 bits per heavy atom. The molecule has 1 aliphatic rings. The average molecular weight is 256 g/mol. The van der Waals surface area contributed by atoms with Crippen LogP contribution in [0.3, 0.4) is 0 Å². The van der Waals surface area contributed by atoms with Gasteiger partial charge in [0.05, 0.1) is 5.92 Å². The number of nitrogens with zero attached hydrogens (tertiary/aromatic N) is 2. The van der Waals surface area contributed by atoms with E-state index in [0.29, 0.717) is 13.1 Å². The first-order chi connectivity index (χ1) is 8.20. The third-order valence-electron chi connectivity index (χ3n) is 4.34. The van der Waals surface area contributed by atoms with Crippen molar-refractivity contribution in [3.8, 4) is 0 Å². The van der Waals surface area contributed by atoms with Gasteiger partial charge in [0.1, 0.15) is 0 Å². The van der Waals surface area contributed by atoms with Gasteiger partial charge in [0.15, 0.2) is 0 Å². The van der Waals surface area contributed by atoms with E-state index in [9.17, 15) is 9.59 Å². The first kappa shape index (κ1) is 14.8. The third-order valence-corrected chi connectivity index (χ3v) is 4.34. The van der Waals surface area contributed by atoms with Gasteiger partial charge in [-0.1, -0.05) is 13.8 Å². The molecule has 0 radical (unpaired) electrons. The number of carbonyl (C=O) groups excluding carboxylic acids is 1. The molecule has 104 valence electrons. The van der Waals surface area contributed by atoms with Gasteiger partial charge in [-0.05, 0) is 20.3 Å². The Kier molecular flexibility index (Phi) is 4.24. The quantitative estimate of drug-likeness (QED) is 0.835. The van der Waals surface area contributed by atoms with E-state index in [1.54, 1.807) is 23.8 Å². The minimum Gasteiger partial charge on any atom is -0.481 e. The summed E-state index contributed by atoms with van der Waals surface area (Å²) in [5.41, 5.74) is -0.166. The lowest BCUT2D eigenvalue weighted by Gasteiger charge is -2.46. The van der Waals surface area contributed by atoms with Crippen LogP contribution < -0.4 is 0 Å². The number of amides is 2. The molecule has 1 unspecified atom stereocenters. The van der Waals surface area contributed by atoms with Crippen LogP contribution >= 0.6 is 0 Å². The van der Waals surface area contributed by atoms with Gasteiger partial charge in [-0.25, -0.2) is 4.79 Å². The van der Waals surface area contributed by atoms with Gasteiger partial charge < -0.3 is 14.9 Å². The maximum atomic E-state index is 12.2. The van der Waals surface area contributed by atoms with E-state index in [1.807, 2.05) is 13.8 Å². The Hall–Kier alpha value is -1.26. The van der Waals surface area contributed by atoms with Gasteiger partial charge in [-0.3, -0.25) is 4.79 Å². The minimum absolute atomic E-state index is 0.00399. The molecule has 0 aliphatic carbocycles. The highest BCUT2D eigenvalue weighted by atomic mass is 16.4. The fourth-order valence-corrected chi connectivity index (χ4v) is 1.89. The van der Waals surface area contributed by atoms with Crippen LogP contribution in [-0.4, -0.2) is 52.6 Å². The van der Waals surface area contributed by atoms with Crippen LogP contribution in [0.5, 0.6) is 0 Å². The van der Waals surface area contributed by atoms with Gasteiger partial charge >= 0.3 is 12.0 Å². The summed E-state index contributed by atoms with van der Waals surface area (Å²) in [6, 6.07) is -0.00399. The van der Waals surface area contributed by atoms with Crippen molar-refractivity contribution in [1.29, 1.82) is 0 Å². The summed E-state index contributed by atoms with van der Waals surface area (Å²) in [5.74, 6) is -1.07. The predicted molar refractivity (Wildman–Crippen MR) is 69.4 cm³/mol. The first-order valence-corrected chi connectivity index (χ1v) is 6.46. The molecule has 5 heteroatoms. The summed E-state index contributed by atoms with van der Waals surface area (Å²) in [6.45, 7) is 8.92. The summed E-state index contributed by atoms with van der Waals surface area (Å²) in [4.78, 5) is 26.5. The van der Waals surface area contributed by atoms with Gasteiger partial charge in [0.2, 0.25) is 0 Å². The third kappa shape index (κ3) is 2.76. The topological polar surface area (TPSA) is 60.9 Å². The van der Waals surface area contributed by atoms with Crippen LogP contribution in [0.25, 0.3) is 0 Å². The van der Waals surface area contributed by atoms with Crippen LogP contribution in [-0.2, 0) is 4.79 Å². The molecule has 0 spiro atoms. The van der Waals surface area contributed by atoms with Crippen LogP contribution in [0.15, 0.2) is 0 Å². The number of rotatable bonds is 4. The van der Waals surface area contributed by atoms with Crippen molar-refractivity contribution in [2.24, 2.45) is 11.8 Å². The van der Waals surface area contributed by atoms with E-state index in [0.717, 1.165) is 6.42 Å². The Morgan fingerprint density at radius 2 is 1.94 bits per heavy atom. The molecule has 1 saturated heterocycles. The standard InChI is InChI=1S/C13H24N2O3/c1-6-13(3,4)14(5)12(18)15-7-10(8-15)9(2)11(16)17/h9-10H,6-8H2,1-5H3,(H,16,17). The van der Waals surface area contributed by atoms with E-state index in [-0.39, 0.29) is 23.4 Å². The second-order valence-corrected chi connectivity index (χ2v) is 5.80. The predicted octanol–water partition coefficient (Wildman–Crippen LogP) is 1.88. The zero-order valence-electron chi connectivity index (χ0n) is 11.9. The number of urea groups is 1. The molecule has 1 rings (SSSR count). The summed E-state index contributed by atoms with van der Waals surface area (Å²) in [5, 5.41) is 8.90. The molecule has 0 aromatic carbocycles. The Morgan fingerprint density at radius 3 is 2.33 bits per heavy atom. The molecular weight excluding hydrogens is 232 g/mol. The molecule has 5 nitrogen and oxygen atoms in total.